The standard InChI is InChI=1S/C13H20N2O2.ClH/c1-17-9-4-2-3-8-15-13(16)11-6-5-7-12(14)10-11;/h5-7,10H,2-4,8-9,14H2,1H3,(H,15,16);1H. The van der Waals surface area contributed by atoms with E-state index in [4.69, 9.17) is 10.5 Å². The fourth-order valence-electron chi connectivity index (χ4n) is 1.53. The Hall–Kier alpha value is -1.26. The highest BCUT2D eigenvalue weighted by atomic mass is 35.5. The Morgan fingerprint density at radius 1 is 1.33 bits per heavy atom. The molecule has 4 nitrogen and oxygen atoms in total. The maximum absolute atomic E-state index is 11.7. The second-order valence-corrected chi connectivity index (χ2v) is 3.93. The predicted molar refractivity (Wildman–Crippen MR) is 76.2 cm³/mol. The summed E-state index contributed by atoms with van der Waals surface area (Å²) in [6.07, 6.45) is 3.06. The van der Waals surface area contributed by atoms with Crippen LogP contribution in [-0.4, -0.2) is 26.2 Å². The van der Waals surface area contributed by atoms with Crippen molar-refractivity contribution in [3.8, 4) is 0 Å². The van der Waals surface area contributed by atoms with Crippen LogP contribution in [0.1, 0.15) is 29.6 Å². The Labute approximate surface area is 114 Å². The number of carbonyl (C=O) groups is 1. The van der Waals surface area contributed by atoms with Gasteiger partial charge in [-0.3, -0.25) is 4.79 Å². The molecule has 0 radical (unpaired) electrons. The van der Waals surface area contributed by atoms with Crippen LogP contribution in [0.15, 0.2) is 24.3 Å². The average molecular weight is 273 g/mol. The summed E-state index contributed by atoms with van der Waals surface area (Å²) in [6.45, 7) is 1.47. The Morgan fingerprint density at radius 3 is 2.78 bits per heavy atom. The Kier molecular flexibility index (Phi) is 9.06. The highest BCUT2D eigenvalue weighted by Gasteiger charge is 2.03. The number of unbranched alkanes of at least 4 members (excludes halogenated alkanes) is 2. The molecule has 0 bridgehead atoms. The molecule has 0 saturated heterocycles. The van der Waals surface area contributed by atoms with E-state index in [1.807, 2.05) is 0 Å². The number of benzene rings is 1. The van der Waals surface area contributed by atoms with Crippen LogP contribution in [0.25, 0.3) is 0 Å². The topological polar surface area (TPSA) is 64.3 Å². The van der Waals surface area contributed by atoms with Gasteiger partial charge in [0.05, 0.1) is 0 Å². The van der Waals surface area contributed by atoms with E-state index in [0.717, 1.165) is 25.9 Å². The molecule has 0 fully saturated rings. The average Bonchev–Trinajstić information content (AvgIpc) is 2.33. The van der Waals surface area contributed by atoms with Crippen molar-refractivity contribution >= 4 is 24.0 Å². The summed E-state index contributed by atoms with van der Waals surface area (Å²) in [5.41, 5.74) is 6.83. The van der Waals surface area contributed by atoms with Gasteiger partial charge in [-0.05, 0) is 37.5 Å². The van der Waals surface area contributed by atoms with E-state index in [0.29, 0.717) is 17.8 Å². The zero-order valence-electron chi connectivity index (χ0n) is 10.6. The SMILES string of the molecule is COCCCCCNC(=O)c1cccc(N)c1.Cl. The molecule has 0 saturated carbocycles. The number of amides is 1. The van der Waals surface area contributed by atoms with Crippen molar-refractivity contribution in [1.29, 1.82) is 0 Å². The van der Waals surface area contributed by atoms with Gasteiger partial charge in [-0.1, -0.05) is 6.07 Å². The summed E-state index contributed by atoms with van der Waals surface area (Å²) in [7, 11) is 1.70. The van der Waals surface area contributed by atoms with Crippen LogP contribution in [0.5, 0.6) is 0 Å². The number of anilines is 1. The lowest BCUT2D eigenvalue weighted by Gasteiger charge is -2.05. The van der Waals surface area contributed by atoms with Crippen LogP contribution in [0.3, 0.4) is 0 Å². The fraction of sp³-hybridized carbons (Fsp3) is 0.462. The van der Waals surface area contributed by atoms with Crippen LogP contribution in [0, 0.1) is 0 Å². The number of rotatable bonds is 7. The smallest absolute Gasteiger partial charge is 0.251 e. The number of hydrogen-bond donors (Lipinski definition) is 2. The van der Waals surface area contributed by atoms with E-state index in [2.05, 4.69) is 5.32 Å². The summed E-state index contributed by atoms with van der Waals surface area (Å²) in [4.78, 5) is 11.7. The predicted octanol–water partition coefficient (Wildman–Crippen LogP) is 2.24. The van der Waals surface area contributed by atoms with Gasteiger partial charge >= 0.3 is 0 Å². The van der Waals surface area contributed by atoms with Crippen LogP contribution in [-0.2, 0) is 4.74 Å². The molecule has 0 atom stereocenters. The number of hydrogen-bond acceptors (Lipinski definition) is 3. The molecule has 0 heterocycles. The number of halogens is 1. The molecule has 0 aromatic heterocycles. The van der Waals surface area contributed by atoms with Gasteiger partial charge < -0.3 is 15.8 Å². The first-order valence-corrected chi connectivity index (χ1v) is 5.86. The number of nitrogens with one attached hydrogen (secondary N) is 1. The van der Waals surface area contributed by atoms with Crippen molar-refractivity contribution in [1.82, 2.24) is 5.32 Å². The largest absolute Gasteiger partial charge is 0.399 e. The zero-order chi connectivity index (χ0) is 12.5. The van der Waals surface area contributed by atoms with Crippen LogP contribution >= 0.6 is 12.4 Å². The molecular weight excluding hydrogens is 252 g/mol. The lowest BCUT2D eigenvalue weighted by molar-refractivity contribution is 0.0952. The van der Waals surface area contributed by atoms with Gasteiger partial charge in [0.25, 0.3) is 5.91 Å². The van der Waals surface area contributed by atoms with Crippen molar-refractivity contribution in [2.24, 2.45) is 0 Å². The quantitative estimate of drug-likeness (QED) is 0.591. The molecule has 0 aliphatic rings. The summed E-state index contributed by atoms with van der Waals surface area (Å²) in [5.74, 6) is -0.0657. The molecule has 102 valence electrons. The van der Waals surface area contributed by atoms with E-state index in [9.17, 15) is 4.79 Å². The van der Waals surface area contributed by atoms with Crippen molar-refractivity contribution < 1.29 is 9.53 Å². The summed E-state index contributed by atoms with van der Waals surface area (Å²) >= 11 is 0. The zero-order valence-corrected chi connectivity index (χ0v) is 11.5. The normalized spacial score (nSPS) is 9.61. The maximum atomic E-state index is 11.7. The minimum atomic E-state index is -0.0657. The molecule has 1 aromatic rings. The second-order valence-electron chi connectivity index (χ2n) is 3.93. The van der Waals surface area contributed by atoms with Crippen LogP contribution < -0.4 is 11.1 Å². The molecule has 0 aliphatic heterocycles. The third-order valence-corrected chi connectivity index (χ3v) is 2.46. The Bertz CT molecular complexity index is 359. The second kappa shape index (κ2) is 9.74. The molecule has 0 aliphatic carbocycles. The first-order valence-electron chi connectivity index (χ1n) is 5.86. The number of ether oxygens (including phenoxy) is 1. The molecule has 18 heavy (non-hydrogen) atoms. The fourth-order valence-corrected chi connectivity index (χ4v) is 1.53. The van der Waals surface area contributed by atoms with Gasteiger partial charge in [-0.15, -0.1) is 12.4 Å². The van der Waals surface area contributed by atoms with Crippen LogP contribution in [0.2, 0.25) is 0 Å². The Morgan fingerprint density at radius 2 is 2.11 bits per heavy atom. The van der Waals surface area contributed by atoms with E-state index in [1.165, 1.54) is 0 Å². The molecule has 5 heteroatoms. The summed E-state index contributed by atoms with van der Waals surface area (Å²) in [5, 5.41) is 2.87. The highest BCUT2D eigenvalue weighted by molar-refractivity contribution is 5.94. The third-order valence-electron chi connectivity index (χ3n) is 2.46. The monoisotopic (exact) mass is 272 g/mol. The van der Waals surface area contributed by atoms with Crippen molar-refractivity contribution in [2.75, 3.05) is 26.0 Å². The lowest BCUT2D eigenvalue weighted by atomic mass is 10.2. The molecular formula is C13H21ClN2O2. The van der Waals surface area contributed by atoms with Crippen molar-refractivity contribution in [3.63, 3.8) is 0 Å². The van der Waals surface area contributed by atoms with E-state index in [1.54, 1.807) is 31.4 Å². The lowest BCUT2D eigenvalue weighted by Crippen LogP contribution is -2.24. The summed E-state index contributed by atoms with van der Waals surface area (Å²) < 4.78 is 4.95. The van der Waals surface area contributed by atoms with Crippen LogP contribution in [0.4, 0.5) is 5.69 Å². The summed E-state index contributed by atoms with van der Waals surface area (Å²) in [6, 6.07) is 6.99. The van der Waals surface area contributed by atoms with E-state index in [-0.39, 0.29) is 18.3 Å². The minimum absolute atomic E-state index is 0. The number of methoxy groups -OCH3 is 1. The Balaban J connectivity index is 0.00000289. The molecule has 0 unspecified atom stereocenters. The first-order chi connectivity index (χ1) is 8.24. The molecule has 1 aromatic carbocycles. The van der Waals surface area contributed by atoms with E-state index >= 15 is 0 Å². The maximum Gasteiger partial charge on any atom is 0.251 e. The van der Waals surface area contributed by atoms with Gasteiger partial charge in [0, 0.05) is 31.5 Å². The molecule has 3 N–H and O–H groups in total. The van der Waals surface area contributed by atoms with Gasteiger partial charge in [0.1, 0.15) is 0 Å². The van der Waals surface area contributed by atoms with E-state index < -0.39 is 0 Å². The van der Waals surface area contributed by atoms with Gasteiger partial charge in [-0.25, -0.2) is 0 Å². The van der Waals surface area contributed by atoms with Crippen molar-refractivity contribution in [2.45, 2.75) is 19.3 Å². The number of nitrogen functional groups attached to an aromatic ring is 1. The molecule has 0 spiro atoms. The van der Waals surface area contributed by atoms with Crippen molar-refractivity contribution in [3.05, 3.63) is 29.8 Å². The molecule has 1 amide bonds. The third kappa shape index (κ3) is 6.47. The highest BCUT2D eigenvalue weighted by Crippen LogP contribution is 2.06. The van der Waals surface area contributed by atoms with Gasteiger partial charge in [-0.2, -0.15) is 0 Å². The first kappa shape index (κ1) is 16.7. The minimum Gasteiger partial charge on any atom is -0.399 e. The van der Waals surface area contributed by atoms with Gasteiger partial charge in [0.2, 0.25) is 0 Å². The number of carbonyl (C=O) groups excluding carboxylic acids is 1. The van der Waals surface area contributed by atoms with Gasteiger partial charge in [0.15, 0.2) is 0 Å². The number of nitrogens with two attached hydrogens (primary N) is 1. The molecule has 1 rings (SSSR count).